The number of rotatable bonds is 3. The molecule has 0 saturated carbocycles. The third-order valence-corrected chi connectivity index (χ3v) is 2.64. The van der Waals surface area contributed by atoms with Crippen LogP contribution in [0.5, 0.6) is 5.75 Å². The van der Waals surface area contributed by atoms with Gasteiger partial charge in [0.05, 0.1) is 10.5 Å². The zero-order valence-corrected chi connectivity index (χ0v) is 10.7. The van der Waals surface area contributed by atoms with Crippen molar-refractivity contribution >= 4 is 29.0 Å². The number of nitrogens with one attached hydrogen (secondary N) is 1. The van der Waals surface area contributed by atoms with Gasteiger partial charge in [0.25, 0.3) is 11.6 Å². The number of aromatic nitrogens is 1. The lowest BCUT2D eigenvalue weighted by molar-refractivity contribution is -0.385. The Morgan fingerprint density at radius 1 is 1.35 bits per heavy atom. The monoisotopic (exact) mass is 293 g/mol. The molecule has 102 valence electrons. The first-order valence-electron chi connectivity index (χ1n) is 5.37. The SMILES string of the molecule is O=C(Nc1ccc([N+](=O)[O-])cn1)c1cc(Cl)ccc1O. The number of nitrogens with zero attached hydrogens (tertiary/aromatic N) is 2. The Hall–Kier alpha value is -2.67. The molecule has 1 aromatic carbocycles. The van der Waals surface area contributed by atoms with Gasteiger partial charge in [-0.25, -0.2) is 4.98 Å². The highest BCUT2D eigenvalue weighted by atomic mass is 35.5. The zero-order chi connectivity index (χ0) is 14.7. The van der Waals surface area contributed by atoms with Crippen LogP contribution in [0.1, 0.15) is 10.4 Å². The van der Waals surface area contributed by atoms with E-state index in [1.807, 2.05) is 0 Å². The van der Waals surface area contributed by atoms with Gasteiger partial charge in [-0.2, -0.15) is 0 Å². The molecule has 8 heteroatoms. The fourth-order valence-electron chi connectivity index (χ4n) is 1.44. The molecule has 20 heavy (non-hydrogen) atoms. The molecule has 1 amide bonds. The Labute approximate surface area is 118 Å². The maximum atomic E-state index is 11.9. The molecule has 0 radical (unpaired) electrons. The van der Waals surface area contributed by atoms with Crippen molar-refractivity contribution in [2.45, 2.75) is 0 Å². The third kappa shape index (κ3) is 3.01. The summed E-state index contributed by atoms with van der Waals surface area (Å²) in [6.07, 6.45) is 1.02. The van der Waals surface area contributed by atoms with E-state index in [-0.39, 0.29) is 22.8 Å². The lowest BCUT2D eigenvalue weighted by Gasteiger charge is -2.06. The zero-order valence-electron chi connectivity index (χ0n) is 9.91. The molecule has 7 nitrogen and oxygen atoms in total. The van der Waals surface area contributed by atoms with E-state index in [4.69, 9.17) is 11.6 Å². The normalized spacial score (nSPS) is 10.1. The van der Waals surface area contributed by atoms with Gasteiger partial charge in [0, 0.05) is 11.1 Å². The van der Waals surface area contributed by atoms with Gasteiger partial charge in [-0.05, 0) is 24.3 Å². The number of hydrogen-bond donors (Lipinski definition) is 2. The number of phenolic OH excluding ortho intramolecular Hbond substituents is 1. The van der Waals surface area contributed by atoms with E-state index in [9.17, 15) is 20.0 Å². The number of carbonyl (C=O) groups excluding carboxylic acids is 1. The third-order valence-electron chi connectivity index (χ3n) is 2.40. The molecule has 0 aliphatic heterocycles. The summed E-state index contributed by atoms with van der Waals surface area (Å²) in [5.41, 5.74) is -0.203. The molecular weight excluding hydrogens is 286 g/mol. The van der Waals surface area contributed by atoms with Crippen LogP contribution in [-0.4, -0.2) is 20.9 Å². The van der Waals surface area contributed by atoms with E-state index < -0.39 is 10.8 Å². The van der Waals surface area contributed by atoms with Crippen LogP contribution in [0.3, 0.4) is 0 Å². The van der Waals surface area contributed by atoms with Crippen LogP contribution in [0.25, 0.3) is 0 Å². The number of benzene rings is 1. The van der Waals surface area contributed by atoms with Gasteiger partial charge >= 0.3 is 0 Å². The Kier molecular flexibility index (Phi) is 3.81. The molecule has 2 rings (SSSR count). The number of halogens is 1. The molecule has 1 aromatic heterocycles. The van der Waals surface area contributed by atoms with E-state index in [2.05, 4.69) is 10.3 Å². The quantitative estimate of drug-likeness (QED) is 0.668. The molecule has 0 saturated heterocycles. The van der Waals surface area contributed by atoms with Gasteiger partial charge in [-0.3, -0.25) is 14.9 Å². The summed E-state index contributed by atoms with van der Waals surface area (Å²) in [6, 6.07) is 6.54. The largest absolute Gasteiger partial charge is 0.507 e. The van der Waals surface area contributed by atoms with E-state index in [1.54, 1.807) is 0 Å². The molecule has 2 N–H and O–H groups in total. The van der Waals surface area contributed by atoms with Gasteiger partial charge in [-0.1, -0.05) is 11.6 Å². The van der Waals surface area contributed by atoms with E-state index in [0.29, 0.717) is 5.02 Å². The maximum Gasteiger partial charge on any atom is 0.287 e. The van der Waals surface area contributed by atoms with Crippen LogP contribution in [-0.2, 0) is 0 Å². The van der Waals surface area contributed by atoms with Crippen molar-refractivity contribution in [1.29, 1.82) is 0 Å². The summed E-state index contributed by atoms with van der Waals surface area (Å²) in [4.78, 5) is 25.5. The number of aromatic hydroxyl groups is 1. The number of carbonyl (C=O) groups is 1. The van der Waals surface area contributed by atoms with Crippen LogP contribution in [0, 0.1) is 10.1 Å². The van der Waals surface area contributed by atoms with Crippen molar-refractivity contribution in [1.82, 2.24) is 4.98 Å². The highest BCUT2D eigenvalue weighted by Gasteiger charge is 2.13. The molecule has 0 fully saturated rings. The Balaban J connectivity index is 2.19. The topological polar surface area (TPSA) is 105 Å². The summed E-state index contributed by atoms with van der Waals surface area (Å²) in [5, 5.41) is 22.7. The lowest BCUT2D eigenvalue weighted by atomic mass is 10.2. The van der Waals surface area contributed by atoms with Gasteiger partial charge in [0.1, 0.15) is 17.8 Å². The summed E-state index contributed by atoms with van der Waals surface area (Å²) in [7, 11) is 0. The highest BCUT2D eigenvalue weighted by Crippen LogP contribution is 2.22. The molecule has 0 spiro atoms. The number of anilines is 1. The van der Waals surface area contributed by atoms with Crippen molar-refractivity contribution in [2.24, 2.45) is 0 Å². The average molecular weight is 294 g/mol. The first kappa shape index (κ1) is 13.8. The van der Waals surface area contributed by atoms with Crippen molar-refractivity contribution in [3.05, 3.63) is 57.2 Å². The first-order chi connectivity index (χ1) is 9.47. The second-order valence-electron chi connectivity index (χ2n) is 3.77. The number of phenols is 1. The predicted molar refractivity (Wildman–Crippen MR) is 72.0 cm³/mol. The van der Waals surface area contributed by atoms with Crippen LogP contribution in [0.15, 0.2) is 36.5 Å². The molecule has 0 bridgehead atoms. The molecule has 2 aromatic rings. The van der Waals surface area contributed by atoms with Crippen molar-refractivity contribution < 1.29 is 14.8 Å². The van der Waals surface area contributed by atoms with Gasteiger partial charge < -0.3 is 10.4 Å². The molecular formula is C12H8ClN3O4. The Morgan fingerprint density at radius 2 is 2.10 bits per heavy atom. The predicted octanol–water partition coefficient (Wildman–Crippen LogP) is 2.60. The fourth-order valence-corrected chi connectivity index (χ4v) is 1.61. The lowest BCUT2D eigenvalue weighted by Crippen LogP contribution is -2.13. The second-order valence-corrected chi connectivity index (χ2v) is 4.21. The van der Waals surface area contributed by atoms with Crippen molar-refractivity contribution in [2.75, 3.05) is 5.32 Å². The summed E-state index contributed by atoms with van der Waals surface area (Å²) >= 11 is 5.74. The minimum atomic E-state index is -0.619. The van der Waals surface area contributed by atoms with Crippen molar-refractivity contribution in [3.63, 3.8) is 0 Å². The molecule has 1 heterocycles. The molecule has 0 aliphatic carbocycles. The van der Waals surface area contributed by atoms with Crippen LogP contribution < -0.4 is 5.32 Å². The van der Waals surface area contributed by atoms with Gasteiger partial charge in [0.15, 0.2) is 0 Å². The minimum Gasteiger partial charge on any atom is -0.507 e. The molecule has 0 atom stereocenters. The van der Waals surface area contributed by atoms with Crippen LogP contribution >= 0.6 is 11.6 Å². The van der Waals surface area contributed by atoms with E-state index in [1.165, 1.54) is 30.3 Å². The number of pyridine rings is 1. The highest BCUT2D eigenvalue weighted by molar-refractivity contribution is 6.31. The smallest absolute Gasteiger partial charge is 0.287 e. The minimum absolute atomic E-state index is 0.0161. The maximum absolute atomic E-state index is 11.9. The van der Waals surface area contributed by atoms with Crippen LogP contribution in [0.2, 0.25) is 5.02 Å². The summed E-state index contributed by atoms with van der Waals surface area (Å²) < 4.78 is 0. The Morgan fingerprint density at radius 3 is 2.70 bits per heavy atom. The second kappa shape index (κ2) is 5.54. The number of nitro groups is 1. The van der Waals surface area contributed by atoms with Gasteiger partial charge in [0.2, 0.25) is 0 Å². The fraction of sp³-hybridized carbons (Fsp3) is 0. The Bertz CT molecular complexity index is 673. The molecule has 0 aliphatic rings. The molecule has 0 unspecified atom stereocenters. The van der Waals surface area contributed by atoms with Gasteiger partial charge in [-0.15, -0.1) is 0 Å². The van der Waals surface area contributed by atoms with Crippen LogP contribution in [0.4, 0.5) is 11.5 Å². The average Bonchev–Trinajstić information content (AvgIpc) is 2.42. The number of hydrogen-bond acceptors (Lipinski definition) is 5. The first-order valence-corrected chi connectivity index (χ1v) is 5.75. The van der Waals surface area contributed by atoms with E-state index in [0.717, 1.165) is 6.20 Å². The standard InChI is InChI=1S/C12H8ClN3O4/c13-7-1-3-10(17)9(5-7)12(18)15-11-4-2-8(6-14-11)16(19)20/h1-6,17H,(H,14,15,18). The summed E-state index contributed by atoms with van der Waals surface area (Å²) in [6.45, 7) is 0. The van der Waals surface area contributed by atoms with E-state index >= 15 is 0 Å². The van der Waals surface area contributed by atoms with Crippen molar-refractivity contribution in [3.8, 4) is 5.75 Å². The number of amides is 1. The summed E-state index contributed by atoms with van der Waals surface area (Å²) in [5.74, 6) is -0.722.